The zero-order valence-electron chi connectivity index (χ0n) is 18.1. The Morgan fingerprint density at radius 2 is 2.03 bits per heavy atom. The van der Waals surface area contributed by atoms with Crippen LogP contribution in [0.1, 0.15) is 37.7 Å². The number of halogens is 1. The maximum absolute atomic E-state index is 12.3. The molecule has 0 unspecified atom stereocenters. The largest absolute Gasteiger partial charge is 0.357 e. The van der Waals surface area contributed by atoms with E-state index in [0.717, 1.165) is 30.4 Å². The highest BCUT2D eigenvalue weighted by atomic mass is 127. The van der Waals surface area contributed by atoms with E-state index in [1.54, 1.807) is 13.8 Å². The third kappa shape index (κ3) is 5.75. The third-order valence-electron chi connectivity index (χ3n) is 5.36. The van der Waals surface area contributed by atoms with Crippen molar-refractivity contribution in [2.45, 2.75) is 45.5 Å². The fraction of sp³-hybridized carbons (Fsp3) is 0.524. The Morgan fingerprint density at radius 3 is 2.67 bits per heavy atom. The van der Waals surface area contributed by atoms with Crippen LogP contribution in [-0.2, 0) is 22.9 Å². The molecule has 30 heavy (non-hydrogen) atoms. The quantitative estimate of drug-likeness (QED) is 0.355. The molecule has 3 rings (SSSR count). The van der Waals surface area contributed by atoms with Crippen molar-refractivity contribution in [3.8, 4) is 0 Å². The molecular formula is C21H32IN5O2S. The molecule has 0 aliphatic carbocycles. The van der Waals surface area contributed by atoms with Crippen LogP contribution >= 0.6 is 24.0 Å². The van der Waals surface area contributed by atoms with Crippen molar-refractivity contribution in [1.29, 1.82) is 0 Å². The van der Waals surface area contributed by atoms with Gasteiger partial charge in [0.15, 0.2) is 15.8 Å². The van der Waals surface area contributed by atoms with Crippen LogP contribution in [0.3, 0.4) is 0 Å². The van der Waals surface area contributed by atoms with E-state index in [0.29, 0.717) is 19.6 Å². The van der Waals surface area contributed by atoms with Crippen molar-refractivity contribution >= 4 is 39.8 Å². The molecule has 166 valence electrons. The molecule has 1 aromatic carbocycles. The van der Waals surface area contributed by atoms with Crippen molar-refractivity contribution in [3.63, 3.8) is 0 Å². The van der Waals surface area contributed by atoms with Gasteiger partial charge in [0, 0.05) is 38.6 Å². The van der Waals surface area contributed by atoms with Gasteiger partial charge < -0.3 is 14.8 Å². The van der Waals surface area contributed by atoms with Crippen molar-refractivity contribution in [1.82, 2.24) is 19.8 Å². The second kappa shape index (κ2) is 10.1. The molecule has 1 saturated heterocycles. The lowest BCUT2D eigenvalue weighted by atomic mass is 10.1. The summed E-state index contributed by atoms with van der Waals surface area (Å²) in [6, 6.07) is 8.39. The summed E-state index contributed by atoms with van der Waals surface area (Å²) < 4.78 is 26.0. The number of sulfone groups is 1. The van der Waals surface area contributed by atoms with Gasteiger partial charge in [0.25, 0.3) is 0 Å². The Hall–Kier alpha value is -1.62. The van der Waals surface area contributed by atoms with E-state index in [2.05, 4.69) is 44.0 Å². The molecule has 1 N–H and O–H groups in total. The van der Waals surface area contributed by atoms with Gasteiger partial charge in [-0.3, -0.25) is 0 Å². The molecule has 0 radical (unpaired) electrons. The van der Waals surface area contributed by atoms with Crippen molar-refractivity contribution in [3.05, 3.63) is 53.6 Å². The minimum absolute atomic E-state index is 0. The van der Waals surface area contributed by atoms with Crippen LogP contribution in [0, 0.1) is 6.92 Å². The van der Waals surface area contributed by atoms with Gasteiger partial charge in [-0.05, 0) is 38.8 Å². The first-order valence-electron chi connectivity index (χ1n) is 10.0. The fourth-order valence-corrected chi connectivity index (χ4v) is 4.88. The average molecular weight is 545 g/mol. The summed E-state index contributed by atoms with van der Waals surface area (Å²) in [7, 11) is -3.08. The van der Waals surface area contributed by atoms with Gasteiger partial charge in [-0.15, -0.1) is 24.0 Å². The number of aryl methyl sites for hydroxylation is 1. The van der Waals surface area contributed by atoms with Crippen molar-refractivity contribution in [2.24, 2.45) is 4.99 Å². The van der Waals surface area contributed by atoms with E-state index in [1.807, 2.05) is 26.2 Å². The minimum atomic E-state index is -3.08. The Kier molecular flexibility index (Phi) is 8.32. The third-order valence-corrected chi connectivity index (χ3v) is 7.89. The summed E-state index contributed by atoms with van der Waals surface area (Å²) in [6.45, 7) is 10.6. The fourth-order valence-electron chi connectivity index (χ4n) is 3.51. The van der Waals surface area contributed by atoms with E-state index < -0.39 is 14.6 Å². The summed E-state index contributed by atoms with van der Waals surface area (Å²) in [5.74, 6) is 1.92. The number of guanidine groups is 1. The summed E-state index contributed by atoms with van der Waals surface area (Å²) in [6.07, 6.45) is 3.79. The number of rotatable bonds is 5. The number of nitrogens with zero attached hydrogens (tertiary/aromatic N) is 4. The Balaban J connectivity index is 0.00000320. The molecule has 1 fully saturated rings. The number of nitrogens with one attached hydrogen (secondary N) is 1. The second-order valence-corrected chi connectivity index (χ2v) is 10.8. The van der Waals surface area contributed by atoms with Gasteiger partial charge in [-0.1, -0.05) is 24.3 Å². The molecule has 0 spiro atoms. The summed E-state index contributed by atoms with van der Waals surface area (Å²) in [4.78, 5) is 11.1. The number of imidazole rings is 1. The normalized spacial score (nSPS) is 18.0. The summed E-state index contributed by atoms with van der Waals surface area (Å²) >= 11 is 0. The SMILES string of the molecule is CCNC(=NCc1cccc(Cn2ccnc2C)c1)N1CCS(=O)(=O)C(C)(C)C1.I. The highest BCUT2D eigenvalue weighted by Crippen LogP contribution is 2.23. The molecule has 0 atom stereocenters. The summed E-state index contributed by atoms with van der Waals surface area (Å²) in [5.41, 5.74) is 2.33. The van der Waals surface area contributed by atoms with Crippen LogP contribution in [-0.4, -0.2) is 59.0 Å². The van der Waals surface area contributed by atoms with E-state index in [-0.39, 0.29) is 29.7 Å². The van der Waals surface area contributed by atoms with Crippen LogP contribution < -0.4 is 5.32 Å². The number of benzene rings is 1. The van der Waals surface area contributed by atoms with E-state index in [9.17, 15) is 8.42 Å². The van der Waals surface area contributed by atoms with E-state index in [1.165, 1.54) is 5.56 Å². The smallest absolute Gasteiger partial charge is 0.194 e. The maximum Gasteiger partial charge on any atom is 0.194 e. The molecule has 0 bridgehead atoms. The van der Waals surface area contributed by atoms with Crippen molar-refractivity contribution < 1.29 is 8.42 Å². The van der Waals surface area contributed by atoms with E-state index >= 15 is 0 Å². The second-order valence-electron chi connectivity index (χ2n) is 8.09. The number of aromatic nitrogens is 2. The van der Waals surface area contributed by atoms with Gasteiger partial charge in [0.2, 0.25) is 0 Å². The lowest BCUT2D eigenvalue weighted by molar-refractivity contribution is 0.353. The number of hydrogen-bond acceptors (Lipinski definition) is 4. The maximum atomic E-state index is 12.3. The van der Waals surface area contributed by atoms with E-state index in [4.69, 9.17) is 4.99 Å². The molecular weight excluding hydrogens is 513 g/mol. The molecule has 2 heterocycles. The minimum Gasteiger partial charge on any atom is -0.357 e. The van der Waals surface area contributed by atoms with Crippen LogP contribution in [0.2, 0.25) is 0 Å². The monoisotopic (exact) mass is 545 g/mol. The standard InChI is InChI=1S/C21H31N5O2S.HI/c1-5-22-20(26-11-12-29(27,28)21(3,4)16-26)24-14-18-7-6-8-19(13-18)15-25-10-9-23-17(25)2;/h6-10,13H,5,11-12,14-16H2,1-4H3,(H,22,24);1H. The molecule has 2 aromatic rings. The molecule has 1 aliphatic heterocycles. The first-order valence-corrected chi connectivity index (χ1v) is 11.7. The predicted molar refractivity (Wildman–Crippen MR) is 132 cm³/mol. The van der Waals surface area contributed by atoms with Crippen LogP contribution in [0.4, 0.5) is 0 Å². The van der Waals surface area contributed by atoms with Gasteiger partial charge in [0.1, 0.15) is 5.82 Å². The topological polar surface area (TPSA) is 79.6 Å². The molecule has 0 amide bonds. The highest BCUT2D eigenvalue weighted by Gasteiger charge is 2.40. The van der Waals surface area contributed by atoms with Gasteiger partial charge in [-0.25, -0.2) is 18.4 Å². The Bertz CT molecular complexity index is 985. The zero-order valence-corrected chi connectivity index (χ0v) is 21.3. The summed E-state index contributed by atoms with van der Waals surface area (Å²) in [5, 5.41) is 3.31. The van der Waals surface area contributed by atoms with Gasteiger partial charge in [0.05, 0.1) is 17.0 Å². The molecule has 7 nitrogen and oxygen atoms in total. The molecule has 1 aromatic heterocycles. The van der Waals surface area contributed by atoms with Crippen LogP contribution in [0.25, 0.3) is 0 Å². The molecule has 0 saturated carbocycles. The molecule has 9 heteroatoms. The first-order chi connectivity index (χ1) is 13.7. The Morgan fingerprint density at radius 1 is 1.30 bits per heavy atom. The highest BCUT2D eigenvalue weighted by molar-refractivity contribution is 14.0. The van der Waals surface area contributed by atoms with Gasteiger partial charge in [-0.2, -0.15) is 0 Å². The van der Waals surface area contributed by atoms with Crippen molar-refractivity contribution in [2.75, 3.05) is 25.4 Å². The zero-order chi connectivity index (χ0) is 21.1. The van der Waals surface area contributed by atoms with Crippen LogP contribution in [0.15, 0.2) is 41.7 Å². The lowest BCUT2D eigenvalue weighted by Gasteiger charge is -2.39. The lowest BCUT2D eigenvalue weighted by Crippen LogP contribution is -2.57. The number of hydrogen-bond donors (Lipinski definition) is 1. The van der Waals surface area contributed by atoms with Crippen LogP contribution in [0.5, 0.6) is 0 Å². The predicted octanol–water partition coefficient (Wildman–Crippen LogP) is 2.83. The van der Waals surface area contributed by atoms with Gasteiger partial charge >= 0.3 is 0 Å². The molecule has 1 aliphatic rings. The number of aliphatic imine (C=N–C) groups is 1. The Labute approximate surface area is 196 Å². The average Bonchev–Trinajstić information content (AvgIpc) is 3.06. The first kappa shape index (κ1) is 24.6.